The van der Waals surface area contributed by atoms with E-state index in [-0.39, 0.29) is 24.1 Å². The maximum absolute atomic E-state index is 13.0. The average Bonchev–Trinajstić information content (AvgIpc) is 3.20. The molecule has 2 atom stereocenters. The summed E-state index contributed by atoms with van der Waals surface area (Å²) in [5.41, 5.74) is 2.29. The molecular weight excluding hydrogens is 555 g/mol. The maximum atomic E-state index is 13.0. The van der Waals surface area contributed by atoms with Gasteiger partial charge in [-0.3, -0.25) is 15.0 Å². The Morgan fingerprint density at radius 3 is 2.45 bits per heavy atom. The number of fused-ring (bicyclic) bond motifs is 4. The zero-order chi connectivity index (χ0) is 28.6. The highest BCUT2D eigenvalue weighted by Gasteiger charge is 2.45. The number of benzene rings is 2. The SMILES string of the molecule is CC(C)(C)OC(=O)N1C2CCC1c1cnc(NC(=O)c3cccc(NC(=O)Nc4ccc(Cl)c(Cl)c4)c3)nc1C2. The molecule has 0 saturated carbocycles. The standard InChI is InChI=1S/C28H28Cl2N6O4/c1-28(2,3)40-27(39)36-18-8-10-23(36)19-14-31-25(34-22(19)13-18)35-24(37)15-5-4-6-16(11-15)32-26(38)33-17-7-9-20(29)21(30)12-17/h4-7,9,11-12,14,18,23H,8,10,13H2,1-3H3,(H2,32,33,38)(H,31,34,35,37). The van der Waals surface area contributed by atoms with Gasteiger partial charge in [-0.05, 0) is 70.0 Å². The fourth-order valence-electron chi connectivity index (χ4n) is 4.91. The molecule has 3 aromatic rings. The van der Waals surface area contributed by atoms with Crippen molar-refractivity contribution in [3.8, 4) is 0 Å². The van der Waals surface area contributed by atoms with E-state index >= 15 is 0 Å². The van der Waals surface area contributed by atoms with Gasteiger partial charge in [-0.15, -0.1) is 0 Å². The predicted octanol–water partition coefficient (Wildman–Crippen LogP) is 6.68. The van der Waals surface area contributed by atoms with Gasteiger partial charge in [-0.1, -0.05) is 29.3 Å². The molecule has 2 unspecified atom stereocenters. The number of nitrogens with zero attached hydrogens (tertiary/aromatic N) is 3. The van der Waals surface area contributed by atoms with Crippen LogP contribution in [0, 0.1) is 0 Å². The first-order valence-corrected chi connectivity index (χ1v) is 13.5. The minimum absolute atomic E-state index is 0.0106. The average molecular weight is 583 g/mol. The molecule has 1 aromatic heterocycles. The van der Waals surface area contributed by atoms with Crippen LogP contribution >= 0.6 is 23.2 Å². The monoisotopic (exact) mass is 582 g/mol. The zero-order valence-electron chi connectivity index (χ0n) is 22.1. The van der Waals surface area contributed by atoms with Gasteiger partial charge >= 0.3 is 12.1 Å². The van der Waals surface area contributed by atoms with E-state index in [9.17, 15) is 14.4 Å². The fourth-order valence-corrected chi connectivity index (χ4v) is 5.21. The lowest BCUT2D eigenvalue weighted by Crippen LogP contribution is -2.44. The molecule has 2 bridgehead atoms. The van der Waals surface area contributed by atoms with Gasteiger partial charge in [0.25, 0.3) is 5.91 Å². The number of aromatic nitrogens is 2. The first-order chi connectivity index (χ1) is 19.0. The zero-order valence-corrected chi connectivity index (χ0v) is 23.6. The van der Waals surface area contributed by atoms with E-state index < -0.39 is 17.5 Å². The van der Waals surface area contributed by atoms with E-state index in [0.717, 1.165) is 24.1 Å². The summed E-state index contributed by atoms with van der Waals surface area (Å²) < 4.78 is 5.62. The number of nitrogens with one attached hydrogen (secondary N) is 3. The van der Waals surface area contributed by atoms with Gasteiger partial charge in [0.1, 0.15) is 5.60 Å². The molecular formula is C28H28Cl2N6O4. The van der Waals surface area contributed by atoms with Crippen LogP contribution in [0.4, 0.5) is 26.9 Å². The second-order valence-corrected chi connectivity index (χ2v) is 11.5. The van der Waals surface area contributed by atoms with Crippen LogP contribution < -0.4 is 16.0 Å². The molecule has 10 nitrogen and oxygen atoms in total. The number of rotatable bonds is 4. The van der Waals surface area contributed by atoms with Gasteiger partial charge in [0.05, 0.1) is 21.8 Å². The molecule has 1 saturated heterocycles. The van der Waals surface area contributed by atoms with E-state index in [2.05, 4.69) is 25.9 Å². The molecule has 4 amide bonds. The topological polar surface area (TPSA) is 126 Å². The van der Waals surface area contributed by atoms with Crippen molar-refractivity contribution in [1.82, 2.24) is 14.9 Å². The van der Waals surface area contributed by atoms with Crippen LogP contribution in [0.2, 0.25) is 10.0 Å². The number of hydrogen-bond donors (Lipinski definition) is 3. The summed E-state index contributed by atoms with van der Waals surface area (Å²) in [7, 11) is 0. The summed E-state index contributed by atoms with van der Waals surface area (Å²) in [5.74, 6) is -0.257. The Bertz CT molecular complexity index is 1490. The Labute approximate surface area is 241 Å². The van der Waals surface area contributed by atoms with Crippen molar-refractivity contribution in [1.29, 1.82) is 0 Å². The van der Waals surface area contributed by atoms with E-state index in [1.807, 2.05) is 20.8 Å². The van der Waals surface area contributed by atoms with Crippen molar-refractivity contribution in [2.75, 3.05) is 16.0 Å². The lowest BCUT2D eigenvalue weighted by molar-refractivity contribution is 0.0122. The summed E-state index contributed by atoms with van der Waals surface area (Å²) in [4.78, 5) is 49.0. The van der Waals surface area contributed by atoms with Crippen LogP contribution in [-0.2, 0) is 11.2 Å². The summed E-state index contributed by atoms with van der Waals surface area (Å²) >= 11 is 11.9. The van der Waals surface area contributed by atoms with E-state index in [4.69, 9.17) is 27.9 Å². The fraction of sp³-hybridized carbons (Fsp3) is 0.321. The van der Waals surface area contributed by atoms with E-state index in [0.29, 0.717) is 33.4 Å². The Kier molecular flexibility index (Phi) is 7.57. The third-order valence-electron chi connectivity index (χ3n) is 6.58. The second kappa shape index (κ2) is 10.9. The number of hydrogen-bond acceptors (Lipinski definition) is 6. The van der Waals surface area contributed by atoms with Crippen molar-refractivity contribution >= 4 is 58.6 Å². The Balaban J connectivity index is 1.24. The molecule has 3 heterocycles. The number of anilines is 3. The smallest absolute Gasteiger partial charge is 0.411 e. The van der Waals surface area contributed by atoms with Crippen LogP contribution in [-0.4, -0.2) is 44.5 Å². The van der Waals surface area contributed by atoms with Crippen molar-refractivity contribution in [3.05, 3.63) is 75.5 Å². The largest absolute Gasteiger partial charge is 0.444 e. The predicted molar refractivity (Wildman–Crippen MR) is 153 cm³/mol. The van der Waals surface area contributed by atoms with Gasteiger partial charge in [0.15, 0.2) is 0 Å². The molecule has 0 aliphatic carbocycles. The Hall–Kier alpha value is -3.89. The van der Waals surface area contributed by atoms with Gasteiger partial charge in [-0.2, -0.15) is 0 Å². The van der Waals surface area contributed by atoms with Gasteiger partial charge < -0.3 is 15.4 Å². The second-order valence-electron chi connectivity index (χ2n) is 10.7. The van der Waals surface area contributed by atoms with Crippen molar-refractivity contribution in [3.63, 3.8) is 0 Å². The summed E-state index contributed by atoms with van der Waals surface area (Å²) in [6.07, 6.45) is 3.56. The number of urea groups is 1. The van der Waals surface area contributed by atoms with Crippen molar-refractivity contribution in [2.45, 2.75) is 57.7 Å². The van der Waals surface area contributed by atoms with Gasteiger partial charge in [-0.25, -0.2) is 19.6 Å². The molecule has 208 valence electrons. The van der Waals surface area contributed by atoms with Crippen molar-refractivity contribution < 1.29 is 19.1 Å². The molecule has 0 spiro atoms. The first-order valence-electron chi connectivity index (χ1n) is 12.8. The Morgan fingerprint density at radius 1 is 0.975 bits per heavy atom. The number of carbonyl (C=O) groups excluding carboxylic acids is 3. The molecule has 3 N–H and O–H groups in total. The molecule has 5 rings (SSSR count). The number of carbonyl (C=O) groups is 3. The molecule has 2 aromatic carbocycles. The van der Waals surface area contributed by atoms with Gasteiger partial charge in [0, 0.05) is 41.2 Å². The quantitative estimate of drug-likeness (QED) is 0.315. The van der Waals surface area contributed by atoms with Crippen LogP contribution in [0.1, 0.15) is 61.3 Å². The highest BCUT2D eigenvalue weighted by atomic mass is 35.5. The molecule has 2 aliphatic rings. The molecule has 0 radical (unpaired) electrons. The molecule has 12 heteroatoms. The van der Waals surface area contributed by atoms with Gasteiger partial charge in [0.2, 0.25) is 5.95 Å². The third-order valence-corrected chi connectivity index (χ3v) is 7.32. The minimum Gasteiger partial charge on any atom is -0.444 e. The van der Waals surface area contributed by atoms with Crippen LogP contribution in [0.5, 0.6) is 0 Å². The lowest BCUT2D eigenvalue weighted by atomic mass is 10.00. The van der Waals surface area contributed by atoms with Crippen LogP contribution in [0.15, 0.2) is 48.7 Å². The minimum atomic E-state index is -0.580. The first kappa shape index (κ1) is 27.7. The van der Waals surface area contributed by atoms with Crippen LogP contribution in [0.3, 0.4) is 0 Å². The van der Waals surface area contributed by atoms with E-state index in [1.165, 1.54) is 6.07 Å². The number of halogens is 2. The highest BCUT2D eigenvalue weighted by molar-refractivity contribution is 6.42. The number of ether oxygens (including phenoxy) is 1. The lowest BCUT2D eigenvalue weighted by Gasteiger charge is -2.36. The number of amides is 4. The summed E-state index contributed by atoms with van der Waals surface area (Å²) in [6.45, 7) is 5.54. The Morgan fingerprint density at radius 2 is 1.73 bits per heavy atom. The molecule has 1 fully saturated rings. The highest BCUT2D eigenvalue weighted by Crippen LogP contribution is 2.43. The van der Waals surface area contributed by atoms with Crippen molar-refractivity contribution in [2.24, 2.45) is 0 Å². The summed E-state index contributed by atoms with van der Waals surface area (Å²) in [6, 6.07) is 10.5. The normalized spacial score (nSPS) is 17.6. The summed E-state index contributed by atoms with van der Waals surface area (Å²) in [5, 5.41) is 8.78. The third kappa shape index (κ3) is 6.13. The molecule has 40 heavy (non-hydrogen) atoms. The van der Waals surface area contributed by atoms with E-state index in [1.54, 1.807) is 47.5 Å². The maximum Gasteiger partial charge on any atom is 0.411 e. The molecule has 2 aliphatic heterocycles. The van der Waals surface area contributed by atoms with Crippen LogP contribution in [0.25, 0.3) is 0 Å².